The highest BCUT2D eigenvalue weighted by Gasteiger charge is 2.32. The van der Waals surface area contributed by atoms with Crippen molar-refractivity contribution in [1.82, 2.24) is 41.5 Å². The van der Waals surface area contributed by atoms with E-state index in [1.165, 1.54) is 11.1 Å². The number of rotatable bonds is 5. The van der Waals surface area contributed by atoms with Gasteiger partial charge in [0.1, 0.15) is 6.42 Å². The third kappa shape index (κ3) is 3.85. The Morgan fingerprint density at radius 1 is 1.08 bits per heavy atom. The number of hydrogen-bond donors (Lipinski definition) is 4. The first kappa shape index (κ1) is 21.3. The molecule has 1 amide bonds. The smallest absolute Gasteiger partial charge is 0.232 e. The summed E-state index contributed by atoms with van der Waals surface area (Å²) >= 11 is 0. The molecular weight excluding hydrogens is 458 g/mol. The van der Waals surface area contributed by atoms with E-state index >= 15 is 0 Å². The van der Waals surface area contributed by atoms with Gasteiger partial charge in [0.25, 0.3) is 0 Å². The molecule has 4 heterocycles. The number of carbonyl (C=O) groups is 1. The number of aromatic nitrogens is 4. The van der Waals surface area contributed by atoms with Crippen LogP contribution < -0.4 is 21.7 Å². The highest BCUT2D eigenvalue weighted by molar-refractivity contribution is 5.78. The number of aryl methyl sites for hydroxylation is 1. The highest BCUT2D eigenvalue weighted by atomic mass is 16.4. The lowest BCUT2D eigenvalue weighted by molar-refractivity contribution is -0.130. The molecule has 0 fully saturated rings. The predicted molar refractivity (Wildman–Crippen MR) is 129 cm³/mol. The fraction of sp³-hybridized carbons (Fsp3) is 0.400. The molecule has 0 saturated carbocycles. The minimum atomic E-state index is -0.0804. The maximum Gasteiger partial charge on any atom is 0.232 e. The summed E-state index contributed by atoms with van der Waals surface area (Å²) in [6, 6.07) is 8.84. The summed E-state index contributed by atoms with van der Waals surface area (Å²) in [6.07, 6.45) is 6.43. The molecule has 3 aromatic rings. The Balaban J connectivity index is 1.03. The Morgan fingerprint density at radius 3 is 2.78 bits per heavy atom. The van der Waals surface area contributed by atoms with Gasteiger partial charge in [-0.15, -0.1) is 10.2 Å². The van der Waals surface area contributed by atoms with Gasteiger partial charge in [0.05, 0.1) is 29.6 Å². The molecule has 1 unspecified atom stereocenters. The summed E-state index contributed by atoms with van der Waals surface area (Å²) in [6.45, 7) is 1.19. The van der Waals surface area contributed by atoms with Gasteiger partial charge in [0.2, 0.25) is 23.6 Å². The van der Waals surface area contributed by atoms with Gasteiger partial charge in [0, 0.05) is 25.2 Å². The fourth-order valence-corrected chi connectivity index (χ4v) is 5.64. The number of anilines is 1. The summed E-state index contributed by atoms with van der Waals surface area (Å²) in [5.41, 5.74) is 15.9. The summed E-state index contributed by atoms with van der Waals surface area (Å²) < 4.78 is 5.99. The Kier molecular flexibility index (Phi) is 5.09. The number of amides is 1. The van der Waals surface area contributed by atoms with E-state index in [-0.39, 0.29) is 24.3 Å². The van der Waals surface area contributed by atoms with Crippen LogP contribution in [0, 0.1) is 0 Å². The van der Waals surface area contributed by atoms with Crippen LogP contribution in [0.3, 0.4) is 0 Å². The van der Waals surface area contributed by atoms with Crippen LogP contribution in [0.25, 0.3) is 0 Å². The summed E-state index contributed by atoms with van der Waals surface area (Å²) in [5, 5.41) is 12.0. The number of benzene rings is 1. The minimum absolute atomic E-state index is 0.0244. The molecule has 4 N–H and O–H groups in total. The van der Waals surface area contributed by atoms with Gasteiger partial charge < -0.3 is 25.5 Å². The Bertz CT molecular complexity index is 1340. The lowest BCUT2D eigenvalue weighted by Gasteiger charge is -2.26. The van der Waals surface area contributed by atoms with Crippen LogP contribution in [-0.2, 0) is 30.5 Å². The third-order valence-electron chi connectivity index (χ3n) is 7.52. The van der Waals surface area contributed by atoms with E-state index in [1.54, 1.807) is 0 Å². The van der Waals surface area contributed by atoms with Crippen molar-refractivity contribution in [2.45, 2.75) is 50.5 Å². The second-order valence-electron chi connectivity index (χ2n) is 9.82. The van der Waals surface area contributed by atoms with Crippen molar-refractivity contribution in [3.63, 3.8) is 0 Å². The zero-order valence-electron chi connectivity index (χ0n) is 19.8. The second-order valence-corrected chi connectivity index (χ2v) is 9.82. The van der Waals surface area contributed by atoms with Crippen molar-refractivity contribution < 1.29 is 9.21 Å². The first-order chi connectivity index (χ1) is 17.7. The van der Waals surface area contributed by atoms with Gasteiger partial charge in [-0.25, -0.2) is 9.97 Å². The first-order valence-corrected chi connectivity index (χ1v) is 12.5. The molecule has 11 heteroatoms. The summed E-state index contributed by atoms with van der Waals surface area (Å²) in [7, 11) is 0. The van der Waals surface area contributed by atoms with Gasteiger partial charge in [-0.05, 0) is 42.4 Å². The van der Waals surface area contributed by atoms with E-state index in [1.807, 2.05) is 11.1 Å². The molecule has 1 aromatic carbocycles. The Morgan fingerprint density at radius 2 is 1.92 bits per heavy atom. The van der Waals surface area contributed by atoms with Gasteiger partial charge in [-0.1, -0.05) is 24.3 Å². The molecular formula is C25H27N9O2. The van der Waals surface area contributed by atoms with Gasteiger partial charge >= 0.3 is 0 Å². The molecule has 11 nitrogen and oxygen atoms in total. The average molecular weight is 486 g/mol. The van der Waals surface area contributed by atoms with E-state index in [0.717, 1.165) is 54.8 Å². The van der Waals surface area contributed by atoms with Gasteiger partial charge in [-0.3, -0.25) is 4.79 Å². The quantitative estimate of drug-likeness (QED) is 0.417. The van der Waals surface area contributed by atoms with Crippen LogP contribution in [0.4, 0.5) is 5.95 Å². The predicted octanol–water partition coefficient (Wildman–Crippen LogP) is 1.12. The van der Waals surface area contributed by atoms with Crippen molar-refractivity contribution in [2.24, 2.45) is 0 Å². The standard InChI is InChI=1S/C25H27N9O2/c35-22(34-8-7-19-20(13-34)30-33-29-19)11-21-31-32-24(36-21)18-6-5-16-12-26-25(28-23(16)18)27-17-9-14-3-1-2-4-15(14)10-17/h1-4,12,17-18,29-30,33H,5-11,13H2,(H,26,27,28). The minimum Gasteiger partial charge on any atom is -0.424 e. The van der Waals surface area contributed by atoms with Gasteiger partial charge in [-0.2, -0.15) is 5.53 Å². The molecule has 2 aliphatic heterocycles. The number of nitrogens with one attached hydrogen (secondary N) is 4. The van der Waals surface area contributed by atoms with Crippen LogP contribution in [0.5, 0.6) is 0 Å². The fourth-order valence-electron chi connectivity index (χ4n) is 5.64. The van der Waals surface area contributed by atoms with Crippen LogP contribution in [-0.4, -0.2) is 50.1 Å². The van der Waals surface area contributed by atoms with E-state index in [9.17, 15) is 4.79 Å². The topological polar surface area (TPSA) is 133 Å². The van der Waals surface area contributed by atoms with Crippen LogP contribution in [0.15, 0.2) is 46.3 Å². The zero-order chi connectivity index (χ0) is 24.1. The normalized spacial score (nSPS) is 20.6. The number of fused-ring (bicyclic) bond motifs is 2. The molecule has 1 atom stereocenters. The maximum absolute atomic E-state index is 12.9. The largest absolute Gasteiger partial charge is 0.424 e. The Labute approximate surface area is 207 Å². The zero-order valence-corrected chi connectivity index (χ0v) is 19.8. The van der Waals surface area contributed by atoms with Crippen molar-refractivity contribution in [3.05, 3.63) is 76.0 Å². The lowest BCUT2D eigenvalue weighted by atomic mass is 10.1. The SMILES string of the molecule is O=C(Cc1nnc(C2CCc3cnc(NC4Cc5ccccc5C4)nc32)o1)N1CCC2=C(C1)NNN2. The molecule has 0 radical (unpaired) electrons. The van der Waals surface area contributed by atoms with Crippen LogP contribution in [0.1, 0.15) is 52.9 Å². The van der Waals surface area contributed by atoms with Crippen LogP contribution in [0.2, 0.25) is 0 Å². The van der Waals surface area contributed by atoms with E-state index < -0.39 is 0 Å². The first-order valence-electron chi connectivity index (χ1n) is 12.5. The van der Waals surface area contributed by atoms with Crippen molar-refractivity contribution in [3.8, 4) is 0 Å². The number of carbonyl (C=O) groups excluding carboxylic acids is 1. The molecule has 2 aliphatic carbocycles. The molecule has 0 saturated heterocycles. The van der Waals surface area contributed by atoms with E-state index in [0.29, 0.717) is 30.8 Å². The number of nitrogens with zero attached hydrogens (tertiary/aromatic N) is 5. The second kappa shape index (κ2) is 8.59. The van der Waals surface area contributed by atoms with Crippen LogP contribution >= 0.6 is 0 Å². The molecule has 0 spiro atoms. The Hall–Kier alpha value is -3.99. The average Bonchev–Trinajstić information content (AvgIpc) is 3.68. The maximum atomic E-state index is 12.9. The monoisotopic (exact) mass is 485 g/mol. The summed E-state index contributed by atoms with van der Waals surface area (Å²) in [5.74, 6) is 1.39. The molecule has 0 bridgehead atoms. The molecule has 4 aliphatic rings. The van der Waals surface area contributed by atoms with E-state index in [4.69, 9.17) is 9.40 Å². The third-order valence-corrected chi connectivity index (χ3v) is 7.52. The molecule has 184 valence electrons. The molecule has 36 heavy (non-hydrogen) atoms. The number of hydrazine groups is 2. The highest BCUT2D eigenvalue weighted by Crippen LogP contribution is 2.36. The van der Waals surface area contributed by atoms with Crippen molar-refractivity contribution >= 4 is 11.9 Å². The number of hydrogen-bond acceptors (Lipinski definition) is 10. The van der Waals surface area contributed by atoms with Crippen molar-refractivity contribution in [2.75, 3.05) is 18.4 Å². The molecule has 2 aromatic heterocycles. The van der Waals surface area contributed by atoms with Gasteiger partial charge in [0.15, 0.2) is 0 Å². The van der Waals surface area contributed by atoms with E-state index in [2.05, 4.69) is 61.1 Å². The van der Waals surface area contributed by atoms with Crippen molar-refractivity contribution in [1.29, 1.82) is 0 Å². The lowest BCUT2D eigenvalue weighted by Crippen LogP contribution is -2.40. The summed E-state index contributed by atoms with van der Waals surface area (Å²) in [4.78, 5) is 24.1. The molecule has 7 rings (SSSR count).